The van der Waals surface area contributed by atoms with Crippen LogP contribution in [0.4, 0.5) is 0 Å². The number of phosphoric acid groups is 3. The zero-order chi connectivity index (χ0) is 30.6. The quantitative estimate of drug-likeness (QED) is 0.0846. The van der Waals surface area contributed by atoms with Gasteiger partial charge in [0, 0.05) is 12.3 Å². The molecule has 1 aliphatic heterocycles. The van der Waals surface area contributed by atoms with Crippen molar-refractivity contribution < 1.29 is 87.3 Å². The van der Waals surface area contributed by atoms with E-state index >= 15 is 0 Å². The molecule has 22 nitrogen and oxygen atoms in total. The van der Waals surface area contributed by atoms with Gasteiger partial charge in [0.2, 0.25) is 0 Å². The summed E-state index contributed by atoms with van der Waals surface area (Å²) in [5.74, 6) is -0.699. The van der Waals surface area contributed by atoms with E-state index in [1.165, 1.54) is 0 Å². The number of ether oxygens (including phenoxy) is 2. The summed E-state index contributed by atoms with van der Waals surface area (Å²) in [6, 6.07) is 0. The maximum absolute atomic E-state index is 11.9. The van der Waals surface area contributed by atoms with Crippen molar-refractivity contribution in [3.8, 4) is 0 Å². The molecule has 1 aromatic rings. The van der Waals surface area contributed by atoms with Crippen molar-refractivity contribution in [2.45, 2.75) is 24.5 Å². The molecule has 0 aliphatic carbocycles. The van der Waals surface area contributed by atoms with Crippen LogP contribution in [0, 0.1) is 0 Å². The molecule has 0 aromatic carbocycles. The molecule has 2 rings (SSSR count). The summed E-state index contributed by atoms with van der Waals surface area (Å²) in [6.45, 7) is -0.554. The molecule has 1 aromatic heterocycles. The smallest absolute Gasteiger partial charge is 0.466 e. The van der Waals surface area contributed by atoms with E-state index in [4.69, 9.17) is 67.6 Å². The number of carbonyl (C=O) groups excluding carboxylic acids is 1. The first-order chi connectivity index (χ1) is 16.9. The summed E-state index contributed by atoms with van der Waals surface area (Å²) < 4.78 is 37.1. The second-order valence-corrected chi connectivity index (χ2v) is 9.46. The molecule has 25 heteroatoms. The van der Waals surface area contributed by atoms with E-state index in [1.807, 2.05) is 4.98 Å². The van der Waals surface area contributed by atoms with Crippen LogP contribution in [0.3, 0.4) is 0 Å². The number of rotatable bonds is 4. The molecule has 0 radical (unpaired) electrons. The average molecular weight is 622 g/mol. The molecule has 0 amide bonds. The molecule has 4 atom stereocenters. The number of aromatic amines is 1. The number of H-pyrrole nitrogens is 1. The Morgan fingerprint density at radius 2 is 1.39 bits per heavy atom. The number of carbonyl (C=O) groups is 1. The van der Waals surface area contributed by atoms with Gasteiger partial charge in [-0.15, -0.1) is 0 Å². The predicted octanol–water partition coefficient (Wildman–Crippen LogP) is -5.45. The fourth-order valence-corrected chi connectivity index (χ4v) is 2.14. The Labute approximate surface area is 210 Å². The Kier molecular flexibility index (Phi) is 16.3. The van der Waals surface area contributed by atoms with Crippen molar-refractivity contribution in [1.29, 1.82) is 0 Å². The standard InChI is InChI=1S/C13H16N2O8.3H3O4P/c1-22-8(17)3-2-6-4-15(13(21)14-11(6)20)12-10(19)9(18)7(5-16)23-12;3*1-5(2,3)4/h2-4,7,9-10,12,16,18-19H,5H2,1H3,(H,14,20,21);3*(H3,1,2,3,4)/b3-2+;;;/t7-,9-,10-,12-;;;/m1.../s1. The highest BCUT2D eigenvalue weighted by Gasteiger charge is 2.43. The van der Waals surface area contributed by atoms with Gasteiger partial charge in [0.15, 0.2) is 6.23 Å². The van der Waals surface area contributed by atoms with Crippen LogP contribution in [-0.2, 0) is 28.0 Å². The van der Waals surface area contributed by atoms with Gasteiger partial charge < -0.3 is 68.8 Å². The Bertz CT molecular complexity index is 1100. The summed E-state index contributed by atoms with van der Waals surface area (Å²) in [5.41, 5.74) is -1.69. The summed E-state index contributed by atoms with van der Waals surface area (Å²) in [6.07, 6.45) is -2.05. The molecule has 38 heavy (non-hydrogen) atoms. The van der Waals surface area contributed by atoms with Crippen LogP contribution in [0.25, 0.3) is 6.08 Å². The number of methoxy groups -OCH3 is 1. The summed E-state index contributed by atoms with van der Waals surface area (Å²) in [5, 5.41) is 28.7. The molecule has 0 unspecified atom stereocenters. The molecule has 0 spiro atoms. The topological polar surface area (TPSA) is 384 Å². The summed E-state index contributed by atoms with van der Waals surface area (Å²) >= 11 is 0. The van der Waals surface area contributed by atoms with E-state index in [0.717, 1.165) is 30.0 Å². The third kappa shape index (κ3) is 20.1. The molecule has 1 fully saturated rings. The van der Waals surface area contributed by atoms with Gasteiger partial charge in [-0.05, 0) is 6.08 Å². The second-order valence-electron chi connectivity index (χ2n) is 6.38. The maximum Gasteiger partial charge on any atom is 0.466 e. The van der Waals surface area contributed by atoms with Gasteiger partial charge in [-0.3, -0.25) is 14.3 Å². The molecule has 13 N–H and O–H groups in total. The number of esters is 1. The first kappa shape index (κ1) is 38.2. The van der Waals surface area contributed by atoms with Crippen LogP contribution in [0.5, 0.6) is 0 Å². The van der Waals surface area contributed by atoms with Crippen molar-refractivity contribution in [1.82, 2.24) is 9.55 Å². The van der Waals surface area contributed by atoms with Gasteiger partial charge in [-0.2, -0.15) is 0 Å². The van der Waals surface area contributed by atoms with Gasteiger partial charge in [-0.25, -0.2) is 23.3 Å². The van der Waals surface area contributed by atoms with Gasteiger partial charge in [0.05, 0.1) is 19.3 Å². The normalized spacial score (nSPS) is 21.3. The number of nitrogens with one attached hydrogen (secondary N) is 1. The lowest BCUT2D eigenvalue weighted by molar-refractivity contribution is -0.134. The van der Waals surface area contributed by atoms with Crippen LogP contribution >= 0.6 is 23.5 Å². The zero-order valence-corrected chi connectivity index (χ0v) is 21.4. The minimum Gasteiger partial charge on any atom is -0.466 e. The van der Waals surface area contributed by atoms with Crippen molar-refractivity contribution in [2.75, 3.05) is 13.7 Å². The van der Waals surface area contributed by atoms with Crippen molar-refractivity contribution in [2.24, 2.45) is 0 Å². The Hall–Kier alpha value is -1.94. The number of aromatic nitrogens is 2. The number of hydrogen-bond donors (Lipinski definition) is 13. The minimum absolute atomic E-state index is 0.0623. The van der Waals surface area contributed by atoms with Crippen molar-refractivity contribution >= 4 is 35.5 Å². The maximum atomic E-state index is 11.9. The van der Waals surface area contributed by atoms with Crippen LogP contribution < -0.4 is 11.2 Å². The van der Waals surface area contributed by atoms with Crippen LogP contribution in [-0.4, -0.2) is 107 Å². The Morgan fingerprint density at radius 3 is 1.74 bits per heavy atom. The van der Waals surface area contributed by atoms with Crippen molar-refractivity contribution in [3.05, 3.63) is 38.7 Å². The largest absolute Gasteiger partial charge is 0.466 e. The highest BCUT2D eigenvalue weighted by Crippen LogP contribution is 2.28. The van der Waals surface area contributed by atoms with Crippen molar-refractivity contribution in [3.63, 3.8) is 0 Å². The number of nitrogens with zero attached hydrogens (tertiary/aromatic N) is 1. The van der Waals surface area contributed by atoms with E-state index < -0.39 is 71.8 Å². The van der Waals surface area contributed by atoms with Gasteiger partial charge in [-0.1, -0.05) is 0 Å². The lowest BCUT2D eigenvalue weighted by Gasteiger charge is -2.17. The predicted molar refractivity (Wildman–Crippen MR) is 118 cm³/mol. The van der Waals surface area contributed by atoms with Crippen LogP contribution in [0.2, 0.25) is 0 Å². The Balaban J connectivity index is 0. The summed E-state index contributed by atoms with van der Waals surface area (Å²) in [7, 11) is -12.8. The summed E-state index contributed by atoms with van der Waals surface area (Å²) in [4.78, 5) is 101. The first-order valence-electron chi connectivity index (χ1n) is 8.97. The molecule has 222 valence electrons. The first-order valence-corrected chi connectivity index (χ1v) is 13.7. The highest BCUT2D eigenvalue weighted by molar-refractivity contribution is 7.45. The molecule has 0 saturated carbocycles. The molecule has 1 saturated heterocycles. The lowest BCUT2D eigenvalue weighted by Crippen LogP contribution is -2.38. The average Bonchev–Trinajstić information content (AvgIpc) is 2.97. The minimum atomic E-state index is -4.64. The molecule has 1 aliphatic rings. The third-order valence-corrected chi connectivity index (χ3v) is 3.39. The van der Waals surface area contributed by atoms with E-state index in [0.29, 0.717) is 0 Å². The van der Waals surface area contributed by atoms with Gasteiger partial charge >= 0.3 is 35.1 Å². The monoisotopic (exact) mass is 622 g/mol. The third-order valence-electron chi connectivity index (χ3n) is 3.39. The van der Waals surface area contributed by atoms with E-state index in [1.54, 1.807) is 0 Å². The van der Waals surface area contributed by atoms with E-state index in [-0.39, 0.29) is 5.56 Å². The number of hydrogen-bond acceptors (Lipinski definition) is 11. The molecular weight excluding hydrogens is 597 g/mol. The SMILES string of the molecule is COC(=O)/C=C/c1cn([C@@H]2O[C@H](CO)[C@@H](O)[C@H]2O)c(=O)[nH]c1=O.O=P(O)(O)O.O=P(O)(O)O.O=P(O)(O)O. The Morgan fingerprint density at radius 1 is 0.974 bits per heavy atom. The zero-order valence-electron chi connectivity index (χ0n) is 18.7. The fraction of sp³-hybridized carbons (Fsp3) is 0.462. The van der Waals surface area contributed by atoms with E-state index in [2.05, 4.69) is 4.74 Å². The second kappa shape index (κ2) is 16.2. The number of aliphatic hydroxyl groups is 3. The van der Waals surface area contributed by atoms with Crippen LogP contribution in [0.15, 0.2) is 21.9 Å². The van der Waals surface area contributed by atoms with Gasteiger partial charge in [0.25, 0.3) is 5.56 Å². The highest BCUT2D eigenvalue weighted by atomic mass is 31.2. The molecule has 2 heterocycles. The molecule has 0 bridgehead atoms. The number of aliphatic hydroxyl groups excluding tert-OH is 3. The lowest BCUT2D eigenvalue weighted by atomic mass is 10.1. The van der Waals surface area contributed by atoms with E-state index in [9.17, 15) is 24.6 Å². The van der Waals surface area contributed by atoms with Gasteiger partial charge in [0.1, 0.15) is 18.3 Å². The van der Waals surface area contributed by atoms with Crippen LogP contribution in [0.1, 0.15) is 11.8 Å². The fourth-order valence-electron chi connectivity index (χ4n) is 2.14. The molecular formula is C13H25N2O20P3.